The number of nitrogens with zero attached hydrogens (tertiary/aromatic N) is 2. The molecule has 1 aliphatic rings. The molecular weight excluding hydrogens is 565 g/mol. The number of hydrogen-bond donors (Lipinski definition) is 1. The third-order valence-corrected chi connectivity index (χ3v) is 6.58. The highest BCUT2D eigenvalue weighted by molar-refractivity contribution is 14.1. The molecule has 34 heavy (non-hydrogen) atoms. The number of carbonyl (C=O) groups is 1. The van der Waals surface area contributed by atoms with Crippen LogP contribution in [-0.2, 0) is 6.61 Å². The van der Waals surface area contributed by atoms with Gasteiger partial charge in [-0.05, 0) is 95.1 Å². The fourth-order valence-corrected chi connectivity index (χ4v) is 4.63. The van der Waals surface area contributed by atoms with Gasteiger partial charge >= 0.3 is 0 Å². The summed E-state index contributed by atoms with van der Waals surface area (Å²) in [6, 6.07) is 18.9. The topological polar surface area (TPSA) is 63.2 Å². The zero-order valence-electron chi connectivity index (χ0n) is 18.8. The monoisotopic (exact) mass is 589 g/mol. The molecule has 176 valence electrons. The van der Waals surface area contributed by atoms with Crippen LogP contribution in [0.5, 0.6) is 11.5 Å². The van der Waals surface area contributed by atoms with E-state index in [-0.39, 0.29) is 5.91 Å². The lowest BCUT2D eigenvalue weighted by Crippen LogP contribution is -2.19. The maximum Gasteiger partial charge on any atom is 0.271 e. The van der Waals surface area contributed by atoms with Gasteiger partial charge in [-0.3, -0.25) is 4.79 Å². The number of methoxy groups -OCH3 is 1. The minimum Gasteiger partial charge on any atom is -0.493 e. The normalized spacial score (nSPS) is 13.3. The van der Waals surface area contributed by atoms with E-state index in [2.05, 4.69) is 38.0 Å². The first-order valence-electron chi connectivity index (χ1n) is 11.0. The van der Waals surface area contributed by atoms with Crippen LogP contribution in [0.25, 0.3) is 0 Å². The number of rotatable bonds is 8. The van der Waals surface area contributed by atoms with E-state index in [4.69, 9.17) is 21.1 Å². The summed E-state index contributed by atoms with van der Waals surface area (Å²) in [5.74, 6) is 0.984. The van der Waals surface area contributed by atoms with Gasteiger partial charge in [0.05, 0.1) is 16.9 Å². The summed E-state index contributed by atoms with van der Waals surface area (Å²) >= 11 is 8.14. The van der Waals surface area contributed by atoms with E-state index in [1.54, 1.807) is 13.3 Å². The summed E-state index contributed by atoms with van der Waals surface area (Å²) in [5.41, 5.74) is 6.10. The van der Waals surface area contributed by atoms with E-state index in [9.17, 15) is 4.79 Å². The largest absolute Gasteiger partial charge is 0.493 e. The van der Waals surface area contributed by atoms with E-state index in [1.807, 2.05) is 60.7 Å². The highest BCUT2D eigenvalue weighted by Gasteiger charge is 2.14. The Balaban J connectivity index is 1.37. The molecule has 1 N–H and O–H groups in total. The fourth-order valence-electron chi connectivity index (χ4n) is 3.72. The van der Waals surface area contributed by atoms with Gasteiger partial charge in [0.2, 0.25) is 0 Å². The van der Waals surface area contributed by atoms with Crippen LogP contribution in [-0.4, -0.2) is 32.3 Å². The maximum absolute atomic E-state index is 12.5. The van der Waals surface area contributed by atoms with Crippen molar-refractivity contribution in [1.82, 2.24) is 5.43 Å². The molecule has 1 heterocycles. The number of carbonyl (C=O) groups excluding carboxylic acids is 1. The van der Waals surface area contributed by atoms with Crippen LogP contribution in [0.1, 0.15) is 34.3 Å². The first-order valence-corrected chi connectivity index (χ1v) is 12.4. The van der Waals surface area contributed by atoms with Crippen molar-refractivity contribution in [3.63, 3.8) is 0 Å². The molecule has 0 atom stereocenters. The summed E-state index contributed by atoms with van der Waals surface area (Å²) < 4.78 is 12.4. The van der Waals surface area contributed by atoms with Gasteiger partial charge in [0.15, 0.2) is 11.5 Å². The first kappa shape index (κ1) is 24.3. The van der Waals surface area contributed by atoms with Crippen molar-refractivity contribution in [2.24, 2.45) is 5.10 Å². The second kappa shape index (κ2) is 11.6. The summed E-state index contributed by atoms with van der Waals surface area (Å²) in [7, 11) is 1.59. The average Bonchev–Trinajstić information content (AvgIpc) is 3.39. The molecule has 0 unspecified atom stereocenters. The van der Waals surface area contributed by atoms with E-state index in [0.717, 1.165) is 33.5 Å². The molecule has 1 aliphatic heterocycles. The van der Waals surface area contributed by atoms with Crippen LogP contribution in [0.4, 0.5) is 5.69 Å². The molecule has 0 saturated carbocycles. The summed E-state index contributed by atoms with van der Waals surface area (Å²) in [6.45, 7) is 2.54. The van der Waals surface area contributed by atoms with Crippen LogP contribution in [0.15, 0.2) is 65.8 Å². The quantitative estimate of drug-likeness (QED) is 0.202. The predicted molar refractivity (Wildman–Crippen MR) is 144 cm³/mol. The van der Waals surface area contributed by atoms with Crippen LogP contribution in [0.3, 0.4) is 0 Å². The van der Waals surface area contributed by atoms with Crippen molar-refractivity contribution in [3.05, 3.63) is 85.9 Å². The van der Waals surface area contributed by atoms with E-state index in [0.29, 0.717) is 28.7 Å². The van der Waals surface area contributed by atoms with Crippen molar-refractivity contribution >= 4 is 52.0 Å². The molecule has 1 saturated heterocycles. The number of nitrogens with one attached hydrogen (secondary N) is 1. The van der Waals surface area contributed by atoms with Crippen LogP contribution >= 0.6 is 34.2 Å². The highest BCUT2D eigenvalue weighted by atomic mass is 127. The van der Waals surface area contributed by atoms with Gasteiger partial charge in [0, 0.05) is 29.4 Å². The lowest BCUT2D eigenvalue weighted by molar-refractivity contribution is 0.0955. The lowest BCUT2D eigenvalue weighted by atomic mass is 10.2. The van der Waals surface area contributed by atoms with Gasteiger partial charge in [-0.25, -0.2) is 5.43 Å². The summed E-state index contributed by atoms with van der Waals surface area (Å²) in [6.07, 6.45) is 4.02. The lowest BCUT2D eigenvalue weighted by Gasteiger charge is -2.17. The van der Waals surface area contributed by atoms with Gasteiger partial charge in [-0.2, -0.15) is 5.10 Å². The zero-order chi connectivity index (χ0) is 23.9. The molecule has 0 aliphatic carbocycles. The third kappa shape index (κ3) is 6.21. The Morgan fingerprint density at radius 3 is 2.50 bits per heavy atom. The van der Waals surface area contributed by atoms with E-state index in [1.165, 1.54) is 12.8 Å². The molecule has 3 aromatic carbocycles. The van der Waals surface area contributed by atoms with Gasteiger partial charge in [0.25, 0.3) is 5.91 Å². The number of halogens is 2. The Hall–Kier alpha value is -2.78. The molecule has 0 bridgehead atoms. The van der Waals surface area contributed by atoms with Crippen molar-refractivity contribution in [3.8, 4) is 11.5 Å². The number of ether oxygens (including phenoxy) is 2. The molecule has 4 rings (SSSR count). The molecule has 1 amide bonds. The number of amides is 1. The van der Waals surface area contributed by atoms with E-state index >= 15 is 0 Å². The number of hydrogen-bond acceptors (Lipinski definition) is 5. The van der Waals surface area contributed by atoms with Crippen molar-refractivity contribution in [2.45, 2.75) is 19.4 Å². The maximum atomic E-state index is 12.5. The van der Waals surface area contributed by atoms with Gasteiger partial charge < -0.3 is 14.4 Å². The molecule has 1 fully saturated rings. The number of benzene rings is 3. The molecule has 0 radical (unpaired) electrons. The Morgan fingerprint density at radius 1 is 1.12 bits per heavy atom. The summed E-state index contributed by atoms with van der Waals surface area (Å²) in [4.78, 5) is 14.8. The molecule has 0 aromatic heterocycles. The highest BCUT2D eigenvalue weighted by Crippen LogP contribution is 2.34. The minimum atomic E-state index is -0.256. The minimum absolute atomic E-state index is 0.256. The Bertz CT molecular complexity index is 1160. The van der Waals surface area contributed by atoms with Crippen molar-refractivity contribution < 1.29 is 14.3 Å². The summed E-state index contributed by atoms with van der Waals surface area (Å²) in [5, 5.41) is 4.80. The predicted octanol–water partition coefficient (Wildman–Crippen LogP) is 5.90. The second-order valence-corrected chi connectivity index (χ2v) is 9.49. The van der Waals surface area contributed by atoms with Gasteiger partial charge in [-0.1, -0.05) is 23.7 Å². The number of anilines is 1. The Kier molecular flexibility index (Phi) is 8.29. The standard InChI is InChI=1S/C26H25ClIN3O3/c1-33-24-15-19(14-23(28)25(24)34-17-18-4-8-21(27)9-5-18)16-29-30-26(32)20-6-10-22(11-7-20)31-12-2-3-13-31/h4-11,14-16H,2-3,12-13,17H2,1H3,(H,30,32)/b29-16+. The Labute approximate surface area is 218 Å². The molecule has 6 nitrogen and oxygen atoms in total. The smallest absolute Gasteiger partial charge is 0.271 e. The SMILES string of the molecule is COc1cc(/C=N/NC(=O)c2ccc(N3CCCC3)cc2)cc(I)c1OCc1ccc(Cl)cc1. The van der Waals surface area contributed by atoms with Crippen LogP contribution < -0.4 is 19.8 Å². The van der Waals surface area contributed by atoms with Crippen molar-refractivity contribution in [1.29, 1.82) is 0 Å². The molecule has 0 spiro atoms. The number of hydrazone groups is 1. The van der Waals surface area contributed by atoms with Crippen molar-refractivity contribution in [2.75, 3.05) is 25.1 Å². The fraction of sp³-hybridized carbons (Fsp3) is 0.231. The molecule has 3 aromatic rings. The van der Waals surface area contributed by atoms with Gasteiger partial charge in [0.1, 0.15) is 6.61 Å². The molecule has 8 heteroatoms. The zero-order valence-corrected chi connectivity index (χ0v) is 21.7. The first-order chi connectivity index (χ1) is 16.5. The van der Waals surface area contributed by atoms with E-state index < -0.39 is 0 Å². The molecular formula is C26H25ClIN3O3. The Morgan fingerprint density at radius 2 is 1.82 bits per heavy atom. The average molecular weight is 590 g/mol. The van der Waals surface area contributed by atoms with Crippen LogP contribution in [0.2, 0.25) is 5.02 Å². The third-order valence-electron chi connectivity index (χ3n) is 5.53. The van der Waals surface area contributed by atoms with Gasteiger partial charge in [-0.15, -0.1) is 0 Å². The van der Waals surface area contributed by atoms with Crippen LogP contribution in [0, 0.1) is 3.57 Å². The second-order valence-electron chi connectivity index (χ2n) is 7.89.